The maximum atomic E-state index is 13.7. The first-order valence-electron chi connectivity index (χ1n) is 13.2. The number of nitro benzene ring substituents is 1. The van der Waals surface area contributed by atoms with Gasteiger partial charge >= 0.3 is 0 Å². The average Bonchev–Trinajstić information content (AvgIpc) is 2.96. The van der Waals surface area contributed by atoms with Crippen molar-refractivity contribution in [1.82, 2.24) is 10.2 Å². The van der Waals surface area contributed by atoms with E-state index >= 15 is 0 Å². The average molecular weight is 567 g/mol. The Morgan fingerprint density at radius 2 is 1.65 bits per heavy atom. The second-order valence-electron chi connectivity index (χ2n) is 9.85. The van der Waals surface area contributed by atoms with Gasteiger partial charge in [-0.3, -0.25) is 24.1 Å². The van der Waals surface area contributed by atoms with Gasteiger partial charge < -0.3 is 10.1 Å². The number of ether oxygens (including phenoxy) is 1. The second-order valence-corrected chi connectivity index (χ2v) is 11.7. The maximum absolute atomic E-state index is 13.7. The van der Waals surface area contributed by atoms with Gasteiger partial charge in [-0.25, -0.2) is 8.42 Å². The fourth-order valence-corrected chi connectivity index (χ4v) is 6.10. The normalized spacial score (nSPS) is 13.9. The Bertz CT molecular complexity index is 1440. The van der Waals surface area contributed by atoms with E-state index in [0.29, 0.717) is 11.3 Å². The summed E-state index contributed by atoms with van der Waals surface area (Å²) in [5, 5.41) is 14.2. The lowest BCUT2D eigenvalue weighted by Gasteiger charge is -2.26. The molecule has 3 aromatic rings. The lowest BCUT2D eigenvalue weighted by molar-refractivity contribution is -0.385. The standard InChI is InChI=1S/C29H34N4O6S/c1-22-6-15-27(18-28(22)33(35)36)40(37,38)32(25-11-13-26(39-2)14-12-25)21-29(34)30-19-23-7-9-24(10-8-23)20-31-16-4-3-5-17-31/h6-15,18H,3-5,16-17,19-21H2,1-2H3,(H,30,34). The number of nitrogens with one attached hydrogen (secondary N) is 1. The number of hydrogen-bond acceptors (Lipinski definition) is 7. The first-order valence-corrected chi connectivity index (χ1v) is 14.6. The van der Waals surface area contributed by atoms with Crippen molar-refractivity contribution in [3.05, 3.63) is 93.5 Å². The zero-order chi connectivity index (χ0) is 28.7. The van der Waals surface area contributed by atoms with Crippen LogP contribution in [0.25, 0.3) is 0 Å². The number of amides is 1. The summed E-state index contributed by atoms with van der Waals surface area (Å²) < 4.78 is 33.5. The van der Waals surface area contributed by atoms with Crippen LogP contribution in [-0.4, -0.2) is 50.9 Å². The van der Waals surface area contributed by atoms with Crippen molar-refractivity contribution in [2.24, 2.45) is 0 Å². The Labute approximate surface area is 234 Å². The zero-order valence-electron chi connectivity index (χ0n) is 22.7. The molecule has 4 rings (SSSR count). The van der Waals surface area contributed by atoms with Gasteiger partial charge in [0.1, 0.15) is 12.3 Å². The first-order chi connectivity index (χ1) is 19.2. The summed E-state index contributed by atoms with van der Waals surface area (Å²) in [5.41, 5.74) is 2.34. The molecule has 1 saturated heterocycles. The Hall–Kier alpha value is -3.96. The molecule has 0 atom stereocenters. The van der Waals surface area contributed by atoms with Crippen molar-refractivity contribution in [1.29, 1.82) is 0 Å². The minimum atomic E-state index is -4.32. The molecule has 1 aliphatic heterocycles. The Kier molecular flexibility index (Phi) is 9.38. The Morgan fingerprint density at radius 1 is 1.00 bits per heavy atom. The van der Waals surface area contributed by atoms with Crippen molar-refractivity contribution in [3.63, 3.8) is 0 Å². The summed E-state index contributed by atoms with van der Waals surface area (Å²) in [6.45, 7) is 4.38. The smallest absolute Gasteiger partial charge is 0.273 e. The summed E-state index contributed by atoms with van der Waals surface area (Å²) in [6.07, 6.45) is 3.75. The van der Waals surface area contributed by atoms with Crippen LogP contribution in [0.4, 0.5) is 11.4 Å². The number of carbonyl (C=O) groups is 1. The summed E-state index contributed by atoms with van der Waals surface area (Å²) in [6, 6.07) is 17.9. The number of sulfonamides is 1. The number of aryl methyl sites for hydroxylation is 1. The fourth-order valence-electron chi connectivity index (χ4n) is 4.66. The molecule has 1 aliphatic rings. The van der Waals surface area contributed by atoms with Crippen LogP contribution in [-0.2, 0) is 27.9 Å². The molecule has 3 aromatic carbocycles. The summed E-state index contributed by atoms with van der Waals surface area (Å²) >= 11 is 0. The third-order valence-corrected chi connectivity index (χ3v) is 8.75. The molecule has 1 amide bonds. The maximum Gasteiger partial charge on any atom is 0.273 e. The van der Waals surface area contributed by atoms with Crippen molar-refractivity contribution >= 4 is 27.3 Å². The number of rotatable bonds is 11. The SMILES string of the molecule is COc1ccc(N(CC(=O)NCc2ccc(CN3CCCCC3)cc2)S(=O)(=O)c2ccc(C)c([N+](=O)[O-])c2)cc1. The molecule has 0 saturated carbocycles. The number of carbonyl (C=O) groups excluding carboxylic acids is 1. The van der Waals surface area contributed by atoms with Gasteiger partial charge in [0.15, 0.2) is 0 Å². The van der Waals surface area contributed by atoms with E-state index in [4.69, 9.17) is 4.74 Å². The van der Waals surface area contributed by atoms with E-state index in [1.807, 2.05) is 12.1 Å². The molecule has 1 N–H and O–H groups in total. The highest BCUT2D eigenvalue weighted by atomic mass is 32.2. The number of methoxy groups -OCH3 is 1. The van der Waals surface area contributed by atoms with Gasteiger partial charge in [-0.2, -0.15) is 0 Å². The van der Waals surface area contributed by atoms with Crippen LogP contribution in [0.1, 0.15) is 36.0 Å². The van der Waals surface area contributed by atoms with E-state index in [-0.39, 0.29) is 22.8 Å². The summed E-state index contributed by atoms with van der Waals surface area (Å²) in [5.74, 6) is -0.00125. The highest BCUT2D eigenvalue weighted by molar-refractivity contribution is 7.92. The van der Waals surface area contributed by atoms with Crippen LogP contribution in [0, 0.1) is 17.0 Å². The highest BCUT2D eigenvalue weighted by Crippen LogP contribution is 2.29. The summed E-state index contributed by atoms with van der Waals surface area (Å²) in [7, 11) is -2.83. The second kappa shape index (κ2) is 12.9. The van der Waals surface area contributed by atoms with E-state index in [0.717, 1.165) is 35.6 Å². The lowest BCUT2D eigenvalue weighted by Crippen LogP contribution is -2.40. The topological polar surface area (TPSA) is 122 Å². The zero-order valence-corrected chi connectivity index (χ0v) is 23.5. The molecule has 10 nitrogen and oxygen atoms in total. The molecule has 0 aliphatic carbocycles. The van der Waals surface area contributed by atoms with Gasteiger partial charge in [0.25, 0.3) is 15.7 Å². The van der Waals surface area contributed by atoms with Gasteiger partial charge in [-0.15, -0.1) is 0 Å². The van der Waals surface area contributed by atoms with Crippen molar-refractivity contribution < 1.29 is 22.9 Å². The third-order valence-electron chi connectivity index (χ3n) is 6.98. The Balaban J connectivity index is 1.49. The van der Waals surface area contributed by atoms with Crippen LogP contribution in [0.2, 0.25) is 0 Å². The van der Waals surface area contributed by atoms with Crippen LogP contribution in [0.3, 0.4) is 0 Å². The van der Waals surface area contributed by atoms with Crippen LogP contribution < -0.4 is 14.4 Å². The number of likely N-dealkylation sites (tertiary alicyclic amines) is 1. The number of anilines is 1. The molecule has 1 heterocycles. The minimum absolute atomic E-state index is 0.223. The number of nitro groups is 1. The van der Waals surface area contributed by atoms with Crippen molar-refractivity contribution in [2.75, 3.05) is 31.0 Å². The van der Waals surface area contributed by atoms with Gasteiger partial charge in [-0.1, -0.05) is 36.8 Å². The molecular formula is C29H34N4O6S. The van der Waals surface area contributed by atoms with Crippen molar-refractivity contribution in [3.8, 4) is 5.75 Å². The van der Waals surface area contributed by atoms with E-state index in [2.05, 4.69) is 22.3 Å². The molecule has 0 unspecified atom stereocenters. The third kappa shape index (κ3) is 7.16. The monoisotopic (exact) mass is 566 g/mol. The molecule has 11 heteroatoms. The van der Waals surface area contributed by atoms with Crippen LogP contribution in [0.5, 0.6) is 5.75 Å². The molecule has 212 valence electrons. The van der Waals surface area contributed by atoms with Gasteiger partial charge in [0.2, 0.25) is 5.91 Å². The quantitative estimate of drug-likeness (QED) is 0.269. The molecule has 40 heavy (non-hydrogen) atoms. The predicted octanol–water partition coefficient (Wildman–Crippen LogP) is 4.41. The predicted molar refractivity (Wildman–Crippen MR) is 153 cm³/mol. The van der Waals surface area contributed by atoms with Crippen LogP contribution in [0.15, 0.2) is 71.6 Å². The molecule has 0 aromatic heterocycles. The number of benzene rings is 3. The van der Waals surface area contributed by atoms with E-state index in [1.165, 1.54) is 63.1 Å². The number of hydrogen-bond donors (Lipinski definition) is 1. The van der Waals surface area contributed by atoms with Gasteiger partial charge in [0.05, 0.1) is 22.6 Å². The first kappa shape index (κ1) is 29.0. The molecule has 0 spiro atoms. The van der Waals surface area contributed by atoms with Gasteiger partial charge in [0, 0.05) is 24.7 Å². The molecule has 0 bridgehead atoms. The van der Waals surface area contributed by atoms with Crippen molar-refractivity contribution in [2.45, 2.75) is 44.2 Å². The van der Waals surface area contributed by atoms with E-state index < -0.39 is 27.4 Å². The van der Waals surface area contributed by atoms with E-state index in [9.17, 15) is 23.3 Å². The minimum Gasteiger partial charge on any atom is -0.497 e. The molecule has 1 fully saturated rings. The fraction of sp³-hybridized carbons (Fsp3) is 0.345. The number of piperidine rings is 1. The van der Waals surface area contributed by atoms with E-state index in [1.54, 1.807) is 12.1 Å². The van der Waals surface area contributed by atoms with Gasteiger partial charge in [-0.05, 0) is 74.3 Å². The summed E-state index contributed by atoms with van der Waals surface area (Å²) in [4.78, 5) is 26.0. The lowest BCUT2D eigenvalue weighted by atomic mass is 10.1. The number of nitrogens with zero attached hydrogens (tertiary/aromatic N) is 3. The largest absolute Gasteiger partial charge is 0.497 e. The molecular weight excluding hydrogens is 532 g/mol. The Morgan fingerprint density at radius 3 is 2.27 bits per heavy atom. The molecule has 0 radical (unpaired) electrons. The highest BCUT2D eigenvalue weighted by Gasteiger charge is 2.29. The van der Waals surface area contributed by atoms with Crippen LogP contribution >= 0.6 is 0 Å².